The Balaban J connectivity index is 0. The van der Waals surface area contributed by atoms with E-state index < -0.39 is 5.60 Å². The third-order valence-electron chi connectivity index (χ3n) is 2.22. The van der Waals surface area contributed by atoms with Gasteiger partial charge in [0, 0.05) is 13.1 Å². The van der Waals surface area contributed by atoms with Gasteiger partial charge in [0.05, 0.1) is 5.33 Å². The van der Waals surface area contributed by atoms with Crippen molar-refractivity contribution < 1.29 is 14.3 Å². The molecule has 0 aromatic heterocycles. The number of rotatable bonds is 8. The first-order chi connectivity index (χ1) is 8.85. The van der Waals surface area contributed by atoms with Crippen LogP contribution in [0.15, 0.2) is 0 Å². The minimum atomic E-state index is -0.447. The summed E-state index contributed by atoms with van der Waals surface area (Å²) in [5.74, 6) is 0.0200. The predicted molar refractivity (Wildman–Crippen MR) is 86.2 cm³/mol. The Morgan fingerprint density at radius 1 is 1.00 bits per heavy atom. The van der Waals surface area contributed by atoms with Crippen molar-refractivity contribution in [1.29, 1.82) is 0 Å². The smallest absolute Gasteiger partial charge is 0.407 e. The quantitative estimate of drug-likeness (QED) is 0.520. The molecule has 0 bridgehead atoms. The second-order valence-electron chi connectivity index (χ2n) is 5.33. The first-order valence-corrected chi connectivity index (χ1v) is 7.77. The lowest BCUT2D eigenvalue weighted by Crippen LogP contribution is -2.33. The molecule has 0 spiro atoms. The number of alkyl halides is 1. The van der Waals surface area contributed by atoms with E-state index in [0.29, 0.717) is 18.4 Å². The van der Waals surface area contributed by atoms with Crippen molar-refractivity contribution in [2.24, 2.45) is 0 Å². The molecule has 0 aliphatic heterocycles. The largest absolute Gasteiger partial charge is 0.444 e. The number of alkyl carbamates (subject to hydrolysis) is 1. The SMILES string of the molecule is C.CC(C)(C)OC(=O)NCCCCCCNC(=O)CBr. The minimum Gasteiger partial charge on any atom is -0.444 e. The summed E-state index contributed by atoms with van der Waals surface area (Å²) in [5, 5.41) is 5.87. The van der Waals surface area contributed by atoms with Crippen molar-refractivity contribution in [1.82, 2.24) is 10.6 Å². The van der Waals surface area contributed by atoms with Crippen molar-refractivity contribution in [3.63, 3.8) is 0 Å². The number of nitrogens with one attached hydrogen (secondary N) is 2. The van der Waals surface area contributed by atoms with Gasteiger partial charge in [-0.1, -0.05) is 36.2 Å². The van der Waals surface area contributed by atoms with Gasteiger partial charge in [-0.2, -0.15) is 0 Å². The number of ether oxygens (including phenoxy) is 1. The highest BCUT2D eigenvalue weighted by Crippen LogP contribution is 2.06. The molecule has 0 aliphatic carbocycles. The zero-order chi connectivity index (χ0) is 14.7. The number of hydrogen-bond acceptors (Lipinski definition) is 3. The molecule has 0 aliphatic rings. The molecule has 0 aromatic carbocycles. The van der Waals surface area contributed by atoms with E-state index in [1.165, 1.54) is 0 Å². The van der Waals surface area contributed by atoms with Crippen LogP contribution in [0.25, 0.3) is 0 Å². The molecule has 0 aromatic rings. The summed E-state index contributed by atoms with van der Waals surface area (Å²) in [6.07, 6.45) is 3.59. The number of amides is 2. The van der Waals surface area contributed by atoms with Crippen molar-refractivity contribution in [3.05, 3.63) is 0 Å². The van der Waals surface area contributed by atoms with Crippen molar-refractivity contribution >= 4 is 27.9 Å². The van der Waals surface area contributed by atoms with Gasteiger partial charge in [-0.15, -0.1) is 0 Å². The normalized spacial score (nSPS) is 10.4. The van der Waals surface area contributed by atoms with Gasteiger partial charge in [-0.3, -0.25) is 4.79 Å². The first kappa shape index (κ1) is 21.5. The number of unbranched alkanes of at least 4 members (excludes halogenated alkanes) is 3. The van der Waals surface area contributed by atoms with Crippen LogP contribution in [0.4, 0.5) is 4.79 Å². The fourth-order valence-corrected chi connectivity index (χ4v) is 1.58. The maximum absolute atomic E-state index is 11.3. The fourth-order valence-electron chi connectivity index (χ4n) is 1.38. The zero-order valence-corrected chi connectivity index (χ0v) is 13.6. The van der Waals surface area contributed by atoms with Crippen molar-refractivity contribution in [2.75, 3.05) is 18.4 Å². The van der Waals surface area contributed by atoms with E-state index in [-0.39, 0.29) is 19.4 Å². The molecule has 0 unspecified atom stereocenters. The Bertz CT molecular complexity index is 278. The molecular weight excluding hydrogens is 324 g/mol. The molecule has 0 heterocycles. The van der Waals surface area contributed by atoms with Crippen LogP contribution in [0, 0.1) is 0 Å². The Morgan fingerprint density at radius 2 is 1.50 bits per heavy atom. The summed E-state index contributed by atoms with van der Waals surface area (Å²) in [7, 11) is 0. The van der Waals surface area contributed by atoms with E-state index in [4.69, 9.17) is 4.74 Å². The highest BCUT2D eigenvalue weighted by Gasteiger charge is 2.15. The number of carbonyl (C=O) groups is 2. The molecule has 0 radical (unpaired) electrons. The zero-order valence-electron chi connectivity index (χ0n) is 12.1. The van der Waals surface area contributed by atoms with Crippen LogP contribution in [0.2, 0.25) is 0 Å². The van der Waals surface area contributed by atoms with Crippen LogP contribution in [0.1, 0.15) is 53.9 Å². The lowest BCUT2D eigenvalue weighted by atomic mass is 10.2. The topological polar surface area (TPSA) is 67.4 Å². The van der Waals surface area contributed by atoms with Crippen LogP contribution in [0.5, 0.6) is 0 Å². The van der Waals surface area contributed by atoms with Crippen LogP contribution < -0.4 is 10.6 Å². The molecule has 6 heteroatoms. The van der Waals surface area contributed by atoms with E-state index in [1.54, 1.807) is 0 Å². The van der Waals surface area contributed by atoms with Gasteiger partial charge < -0.3 is 15.4 Å². The summed E-state index contributed by atoms with van der Waals surface area (Å²) in [5.41, 5.74) is -0.447. The molecule has 0 atom stereocenters. The minimum absolute atomic E-state index is 0. The standard InChI is InChI=1S/C13H25BrN2O3.CH4/c1-13(2,3)19-12(18)16-9-7-5-4-6-8-15-11(17)10-14;/h4-10H2,1-3H3,(H,15,17)(H,16,18);1H4. The van der Waals surface area contributed by atoms with Crippen molar-refractivity contribution in [2.45, 2.75) is 59.5 Å². The molecule has 2 N–H and O–H groups in total. The van der Waals surface area contributed by atoms with Crippen LogP contribution >= 0.6 is 15.9 Å². The van der Waals surface area contributed by atoms with E-state index in [9.17, 15) is 9.59 Å². The third-order valence-corrected chi connectivity index (χ3v) is 2.72. The summed E-state index contributed by atoms with van der Waals surface area (Å²) in [4.78, 5) is 22.2. The van der Waals surface area contributed by atoms with Gasteiger partial charge in [0.2, 0.25) is 5.91 Å². The first-order valence-electron chi connectivity index (χ1n) is 6.64. The predicted octanol–water partition coefficient (Wildman–Crippen LogP) is 3.22. The highest BCUT2D eigenvalue weighted by atomic mass is 79.9. The molecule has 2 amide bonds. The Morgan fingerprint density at radius 3 is 1.95 bits per heavy atom. The van der Waals surface area contributed by atoms with Gasteiger partial charge in [-0.05, 0) is 33.6 Å². The summed E-state index contributed by atoms with van der Waals surface area (Å²) in [6.45, 7) is 6.86. The lowest BCUT2D eigenvalue weighted by molar-refractivity contribution is -0.118. The molecule has 0 saturated carbocycles. The second kappa shape index (κ2) is 12.0. The second-order valence-corrected chi connectivity index (χ2v) is 5.89. The average Bonchev–Trinajstić information content (AvgIpc) is 2.29. The van der Waals surface area contributed by atoms with Crippen LogP contribution in [-0.4, -0.2) is 36.0 Å². The van der Waals surface area contributed by atoms with Crippen LogP contribution in [-0.2, 0) is 9.53 Å². The molecular formula is C14H29BrN2O3. The summed E-state index contributed by atoms with van der Waals surface area (Å²) < 4.78 is 5.12. The van der Waals surface area contributed by atoms with Gasteiger partial charge in [0.25, 0.3) is 0 Å². The Labute approximate surface area is 131 Å². The monoisotopic (exact) mass is 352 g/mol. The van der Waals surface area contributed by atoms with Crippen molar-refractivity contribution in [3.8, 4) is 0 Å². The number of halogens is 1. The van der Waals surface area contributed by atoms with Gasteiger partial charge in [0.15, 0.2) is 0 Å². The molecule has 5 nitrogen and oxygen atoms in total. The maximum atomic E-state index is 11.3. The van der Waals surface area contributed by atoms with E-state index in [2.05, 4.69) is 26.6 Å². The highest BCUT2D eigenvalue weighted by molar-refractivity contribution is 9.09. The summed E-state index contributed by atoms with van der Waals surface area (Å²) >= 11 is 3.09. The van der Waals surface area contributed by atoms with E-state index >= 15 is 0 Å². The fraction of sp³-hybridized carbons (Fsp3) is 0.857. The van der Waals surface area contributed by atoms with E-state index in [0.717, 1.165) is 25.7 Å². The molecule has 0 fully saturated rings. The molecule has 0 saturated heterocycles. The number of hydrogen-bond donors (Lipinski definition) is 2. The lowest BCUT2D eigenvalue weighted by Gasteiger charge is -2.19. The number of carbonyl (C=O) groups excluding carboxylic acids is 2. The maximum Gasteiger partial charge on any atom is 0.407 e. The average molecular weight is 353 g/mol. The summed E-state index contributed by atoms with van der Waals surface area (Å²) in [6, 6.07) is 0. The van der Waals surface area contributed by atoms with Gasteiger partial charge in [0.1, 0.15) is 5.60 Å². The molecule has 20 heavy (non-hydrogen) atoms. The Kier molecular flexibility index (Phi) is 12.9. The van der Waals surface area contributed by atoms with E-state index in [1.807, 2.05) is 20.8 Å². The third kappa shape index (κ3) is 15.3. The van der Waals surface area contributed by atoms with Gasteiger partial charge in [-0.25, -0.2) is 4.79 Å². The van der Waals surface area contributed by atoms with Gasteiger partial charge >= 0.3 is 6.09 Å². The van der Waals surface area contributed by atoms with Crippen LogP contribution in [0.3, 0.4) is 0 Å². The molecule has 120 valence electrons. The Hall–Kier alpha value is -0.780. The molecule has 0 rings (SSSR count).